The van der Waals surface area contributed by atoms with Gasteiger partial charge in [-0.1, -0.05) is 41.9 Å². The molecular weight excluding hydrogens is 388 g/mol. The highest BCUT2D eigenvalue weighted by Gasteiger charge is 2.12. The van der Waals surface area contributed by atoms with Crippen LogP contribution in [-0.4, -0.2) is 27.1 Å². The molecule has 1 N–H and O–H groups in total. The zero-order valence-electron chi connectivity index (χ0n) is 15.8. The number of benzene rings is 2. The SMILES string of the molecule is CCOc1ccccc1CNC(=O)c1ccn2c(-c3cccc(Cl)c3)nnc2c1. The minimum Gasteiger partial charge on any atom is -0.494 e. The Bertz CT molecular complexity index is 1170. The summed E-state index contributed by atoms with van der Waals surface area (Å²) in [7, 11) is 0. The van der Waals surface area contributed by atoms with Gasteiger partial charge in [-0.15, -0.1) is 10.2 Å². The van der Waals surface area contributed by atoms with E-state index < -0.39 is 0 Å². The standard InChI is InChI=1S/C22H19ClN4O2/c1-2-29-19-9-4-3-6-17(19)14-24-22(28)16-10-11-27-20(13-16)25-26-21(27)15-7-5-8-18(23)12-15/h3-13H,2,14H2,1H3,(H,24,28). The number of rotatable bonds is 6. The lowest BCUT2D eigenvalue weighted by atomic mass is 10.2. The molecule has 0 spiro atoms. The lowest BCUT2D eigenvalue weighted by molar-refractivity contribution is 0.0950. The molecule has 0 aliphatic heterocycles. The number of carbonyl (C=O) groups excluding carboxylic acids is 1. The molecule has 6 nitrogen and oxygen atoms in total. The third kappa shape index (κ3) is 4.07. The van der Waals surface area contributed by atoms with Crippen molar-refractivity contribution in [3.8, 4) is 17.1 Å². The molecule has 0 atom stereocenters. The Kier molecular flexibility index (Phi) is 5.44. The summed E-state index contributed by atoms with van der Waals surface area (Å²) < 4.78 is 7.43. The predicted octanol–water partition coefficient (Wildman–Crippen LogP) is 4.38. The molecule has 0 radical (unpaired) electrons. The smallest absolute Gasteiger partial charge is 0.251 e. The summed E-state index contributed by atoms with van der Waals surface area (Å²) in [6.45, 7) is 2.88. The molecule has 1 amide bonds. The van der Waals surface area contributed by atoms with Gasteiger partial charge in [0.05, 0.1) is 6.61 Å². The van der Waals surface area contributed by atoms with E-state index in [9.17, 15) is 4.79 Å². The number of hydrogen-bond acceptors (Lipinski definition) is 4. The van der Waals surface area contributed by atoms with E-state index in [1.807, 2.05) is 53.8 Å². The van der Waals surface area contributed by atoms with Crippen molar-refractivity contribution in [2.24, 2.45) is 0 Å². The van der Waals surface area contributed by atoms with Gasteiger partial charge in [0.2, 0.25) is 0 Å². The van der Waals surface area contributed by atoms with E-state index in [1.165, 1.54) is 0 Å². The number of nitrogens with zero attached hydrogens (tertiary/aromatic N) is 3. The summed E-state index contributed by atoms with van der Waals surface area (Å²) >= 11 is 6.08. The molecule has 29 heavy (non-hydrogen) atoms. The first-order valence-electron chi connectivity index (χ1n) is 9.25. The first-order valence-corrected chi connectivity index (χ1v) is 9.63. The van der Waals surface area contributed by atoms with Crippen LogP contribution < -0.4 is 10.1 Å². The third-order valence-electron chi connectivity index (χ3n) is 4.47. The van der Waals surface area contributed by atoms with Crippen LogP contribution in [0.25, 0.3) is 17.0 Å². The molecule has 4 rings (SSSR count). The van der Waals surface area contributed by atoms with Crippen molar-refractivity contribution in [3.63, 3.8) is 0 Å². The largest absolute Gasteiger partial charge is 0.494 e. The Hall–Kier alpha value is -3.38. The van der Waals surface area contributed by atoms with Crippen LogP contribution >= 0.6 is 11.6 Å². The van der Waals surface area contributed by atoms with Gasteiger partial charge in [-0.25, -0.2) is 0 Å². The first-order chi connectivity index (χ1) is 14.2. The van der Waals surface area contributed by atoms with Gasteiger partial charge < -0.3 is 10.1 Å². The van der Waals surface area contributed by atoms with Crippen molar-refractivity contribution < 1.29 is 9.53 Å². The quantitative estimate of drug-likeness (QED) is 0.516. The van der Waals surface area contributed by atoms with Gasteiger partial charge in [0.15, 0.2) is 11.5 Å². The van der Waals surface area contributed by atoms with Gasteiger partial charge in [0.25, 0.3) is 5.91 Å². The minimum atomic E-state index is -0.189. The molecule has 0 fully saturated rings. The average molecular weight is 407 g/mol. The fourth-order valence-corrected chi connectivity index (χ4v) is 3.27. The fourth-order valence-electron chi connectivity index (χ4n) is 3.08. The van der Waals surface area contributed by atoms with Crippen LogP contribution in [-0.2, 0) is 6.54 Å². The van der Waals surface area contributed by atoms with Crippen molar-refractivity contribution in [3.05, 3.63) is 83.0 Å². The fraction of sp³-hybridized carbons (Fsp3) is 0.136. The summed E-state index contributed by atoms with van der Waals surface area (Å²) in [5.41, 5.74) is 2.88. The molecule has 0 unspecified atom stereocenters. The minimum absolute atomic E-state index is 0.189. The Morgan fingerprint density at radius 2 is 1.97 bits per heavy atom. The topological polar surface area (TPSA) is 68.5 Å². The number of pyridine rings is 1. The zero-order valence-corrected chi connectivity index (χ0v) is 16.6. The number of halogens is 1. The molecule has 2 heterocycles. The van der Waals surface area contributed by atoms with Crippen molar-refractivity contribution >= 4 is 23.2 Å². The van der Waals surface area contributed by atoms with Crippen molar-refractivity contribution in [1.82, 2.24) is 19.9 Å². The number of carbonyl (C=O) groups is 1. The van der Waals surface area contributed by atoms with Gasteiger partial charge in [-0.05, 0) is 37.3 Å². The number of aromatic nitrogens is 3. The average Bonchev–Trinajstić information content (AvgIpc) is 3.16. The van der Waals surface area contributed by atoms with Crippen molar-refractivity contribution in [2.75, 3.05) is 6.61 Å². The molecule has 2 aromatic carbocycles. The van der Waals surface area contributed by atoms with E-state index in [0.717, 1.165) is 16.9 Å². The van der Waals surface area contributed by atoms with Crippen LogP contribution in [0.1, 0.15) is 22.8 Å². The Morgan fingerprint density at radius 3 is 2.79 bits per heavy atom. The number of fused-ring (bicyclic) bond motifs is 1. The lowest BCUT2D eigenvalue weighted by Gasteiger charge is -2.11. The molecule has 2 aromatic heterocycles. The zero-order chi connectivity index (χ0) is 20.2. The molecule has 7 heteroatoms. The molecule has 146 valence electrons. The number of amides is 1. The molecular formula is C22H19ClN4O2. The maximum Gasteiger partial charge on any atom is 0.251 e. The van der Waals surface area contributed by atoms with Crippen LogP contribution in [0.3, 0.4) is 0 Å². The molecule has 0 aliphatic rings. The lowest BCUT2D eigenvalue weighted by Crippen LogP contribution is -2.23. The number of para-hydroxylation sites is 1. The van der Waals surface area contributed by atoms with E-state index in [1.54, 1.807) is 24.4 Å². The number of nitrogens with one attached hydrogen (secondary N) is 1. The van der Waals surface area contributed by atoms with E-state index in [4.69, 9.17) is 16.3 Å². The van der Waals surface area contributed by atoms with Gasteiger partial charge in [-0.2, -0.15) is 0 Å². The van der Waals surface area contributed by atoms with E-state index in [-0.39, 0.29) is 5.91 Å². The monoisotopic (exact) mass is 406 g/mol. The summed E-state index contributed by atoms with van der Waals surface area (Å²) in [4.78, 5) is 12.6. The summed E-state index contributed by atoms with van der Waals surface area (Å²) in [5.74, 6) is 1.25. The van der Waals surface area contributed by atoms with Gasteiger partial charge in [0, 0.05) is 34.5 Å². The maximum absolute atomic E-state index is 12.6. The van der Waals surface area contributed by atoms with Crippen LogP contribution in [0.2, 0.25) is 5.02 Å². The highest BCUT2D eigenvalue weighted by atomic mass is 35.5. The second-order valence-electron chi connectivity index (χ2n) is 6.40. The molecule has 4 aromatic rings. The predicted molar refractivity (Wildman–Crippen MR) is 112 cm³/mol. The Morgan fingerprint density at radius 1 is 1.10 bits per heavy atom. The third-order valence-corrected chi connectivity index (χ3v) is 4.70. The Balaban J connectivity index is 1.53. The van der Waals surface area contributed by atoms with Crippen LogP contribution in [0.15, 0.2) is 66.9 Å². The second-order valence-corrected chi connectivity index (χ2v) is 6.84. The van der Waals surface area contributed by atoms with Crippen molar-refractivity contribution in [1.29, 1.82) is 0 Å². The summed E-state index contributed by atoms with van der Waals surface area (Å²) in [6, 6.07) is 18.5. The van der Waals surface area contributed by atoms with Crippen molar-refractivity contribution in [2.45, 2.75) is 13.5 Å². The summed E-state index contributed by atoms with van der Waals surface area (Å²) in [5, 5.41) is 12.0. The van der Waals surface area contributed by atoms with Crippen LogP contribution in [0.4, 0.5) is 0 Å². The highest BCUT2D eigenvalue weighted by Crippen LogP contribution is 2.22. The Labute approximate surface area is 173 Å². The molecule has 0 saturated carbocycles. The van der Waals surface area contributed by atoms with E-state index in [2.05, 4.69) is 15.5 Å². The van der Waals surface area contributed by atoms with Gasteiger partial charge >= 0.3 is 0 Å². The maximum atomic E-state index is 12.6. The normalized spacial score (nSPS) is 10.8. The highest BCUT2D eigenvalue weighted by molar-refractivity contribution is 6.30. The van der Waals surface area contributed by atoms with E-state index in [0.29, 0.717) is 35.2 Å². The van der Waals surface area contributed by atoms with Gasteiger partial charge in [-0.3, -0.25) is 9.20 Å². The number of hydrogen-bond donors (Lipinski definition) is 1. The van der Waals surface area contributed by atoms with Gasteiger partial charge in [0.1, 0.15) is 5.75 Å². The second kappa shape index (κ2) is 8.32. The van der Waals surface area contributed by atoms with E-state index >= 15 is 0 Å². The first kappa shape index (κ1) is 19.0. The number of ether oxygens (including phenoxy) is 1. The molecule has 0 saturated heterocycles. The van der Waals surface area contributed by atoms with Crippen LogP contribution in [0, 0.1) is 0 Å². The molecule has 0 bridgehead atoms. The molecule has 0 aliphatic carbocycles. The summed E-state index contributed by atoms with van der Waals surface area (Å²) in [6.07, 6.45) is 1.79. The van der Waals surface area contributed by atoms with Crippen LogP contribution in [0.5, 0.6) is 5.75 Å².